The molecule has 0 aliphatic carbocycles. The number of H-pyrrole nitrogens is 1. The highest BCUT2D eigenvalue weighted by atomic mass is 28.4. The molecule has 1 saturated heterocycles. The summed E-state index contributed by atoms with van der Waals surface area (Å²) in [6.07, 6.45) is 1.75. The number of rotatable bonds is 9. The van der Waals surface area contributed by atoms with Crippen molar-refractivity contribution in [3.05, 3.63) is 131 Å². The lowest BCUT2D eigenvalue weighted by molar-refractivity contribution is -0.151. The van der Waals surface area contributed by atoms with Crippen LogP contribution in [0.4, 0.5) is 11.4 Å². The monoisotopic (exact) mass is 742 g/mol. The van der Waals surface area contributed by atoms with Gasteiger partial charge in [0.15, 0.2) is 13.9 Å². The highest BCUT2D eigenvalue weighted by molar-refractivity contribution is 6.71. The summed E-state index contributed by atoms with van der Waals surface area (Å²) in [5.74, 6) is -1.14. The molecule has 1 fully saturated rings. The summed E-state index contributed by atoms with van der Waals surface area (Å²) in [4.78, 5) is 61.3. The Kier molecular flexibility index (Phi) is 9.29. The van der Waals surface area contributed by atoms with E-state index in [1.807, 2.05) is 123 Å². The van der Waals surface area contributed by atoms with Gasteiger partial charge in [-0.05, 0) is 66.0 Å². The van der Waals surface area contributed by atoms with Gasteiger partial charge in [-0.2, -0.15) is 0 Å². The van der Waals surface area contributed by atoms with E-state index in [4.69, 9.17) is 4.74 Å². The molecule has 10 nitrogen and oxygen atoms in total. The zero-order chi connectivity index (χ0) is 37.8. The van der Waals surface area contributed by atoms with Crippen molar-refractivity contribution in [3.63, 3.8) is 0 Å². The van der Waals surface area contributed by atoms with E-state index in [0.717, 1.165) is 33.2 Å². The van der Waals surface area contributed by atoms with Crippen LogP contribution < -0.4 is 10.2 Å². The van der Waals surface area contributed by atoms with Gasteiger partial charge in [-0.15, -0.1) is 0 Å². The summed E-state index contributed by atoms with van der Waals surface area (Å²) < 4.78 is 7.02. The molecule has 3 aliphatic heterocycles. The van der Waals surface area contributed by atoms with Crippen molar-refractivity contribution >= 4 is 48.3 Å². The van der Waals surface area contributed by atoms with Crippen LogP contribution in [0.2, 0.25) is 18.6 Å². The maximum Gasteiger partial charge on any atom is 0.264 e. The summed E-state index contributed by atoms with van der Waals surface area (Å²) in [5, 5.41) is 14.4. The number of anilines is 2. The SMILES string of the molecule is C[C@@H]1[C@@H]([Si](C)(C)O)[C@H](CC(=O)N2Cc3ccccc3C[C@H]2CO)O[C@@]12C(=O)N(Cc1ccccc1)c1ccc(NC(=O)Cc3c[nH]c4ccccc34)cc12. The van der Waals surface area contributed by atoms with E-state index in [2.05, 4.69) is 10.3 Å². The first-order valence-corrected chi connectivity index (χ1v) is 21.7. The second-order valence-corrected chi connectivity index (χ2v) is 19.6. The number of aliphatic hydroxyl groups excluding tert-OH is 1. The summed E-state index contributed by atoms with van der Waals surface area (Å²) in [7, 11) is -3.08. The summed E-state index contributed by atoms with van der Waals surface area (Å²) in [6.45, 7) is 6.12. The lowest BCUT2D eigenvalue weighted by Gasteiger charge is -2.37. The van der Waals surface area contributed by atoms with E-state index >= 15 is 4.79 Å². The fourth-order valence-electron chi connectivity index (χ4n) is 9.27. The molecule has 3 aliphatic rings. The lowest BCUT2D eigenvalue weighted by Crippen LogP contribution is -2.48. The van der Waals surface area contributed by atoms with Crippen molar-refractivity contribution in [1.82, 2.24) is 9.88 Å². The van der Waals surface area contributed by atoms with Crippen LogP contribution in [0.3, 0.4) is 0 Å². The first-order chi connectivity index (χ1) is 26.0. The number of para-hydroxylation sites is 1. The number of carbonyl (C=O) groups is 3. The van der Waals surface area contributed by atoms with Gasteiger partial charge >= 0.3 is 0 Å². The van der Waals surface area contributed by atoms with Crippen molar-refractivity contribution in [2.24, 2.45) is 5.92 Å². The molecule has 0 bridgehead atoms. The van der Waals surface area contributed by atoms with Gasteiger partial charge < -0.3 is 34.7 Å². The molecule has 1 spiro atoms. The van der Waals surface area contributed by atoms with E-state index in [-0.39, 0.29) is 43.2 Å². The number of aromatic nitrogens is 1. The minimum atomic E-state index is -3.08. The third-order valence-electron chi connectivity index (χ3n) is 11.7. The molecule has 11 heteroatoms. The molecule has 1 aromatic heterocycles. The Morgan fingerprint density at radius 1 is 0.981 bits per heavy atom. The molecular formula is C43H46N4O6Si. The van der Waals surface area contributed by atoms with E-state index in [9.17, 15) is 19.5 Å². The van der Waals surface area contributed by atoms with Crippen molar-refractivity contribution in [3.8, 4) is 0 Å². The number of amides is 3. The predicted molar refractivity (Wildman–Crippen MR) is 210 cm³/mol. The van der Waals surface area contributed by atoms with Crippen LogP contribution in [-0.4, -0.2) is 64.6 Å². The molecule has 0 saturated carbocycles. The predicted octanol–water partition coefficient (Wildman–Crippen LogP) is 6.03. The van der Waals surface area contributed by atoms with E-state index in [1.165, 1.54) is 0 Å². The third-order valence-corrected chi connectivity index (χ3v) is 14.2. The van der Waals surface area contributed by atoms with Gasteiger partial charge in [0.25, 0.3) is 5.91 Å². The average molecular weight is 743 g/mol. The highest BCUT2D eigenvalue weighted by Gasteiger charge is 2.66. The smallest absolute Gasteiger partial charge is 0.264 e. The van der Waals surface area contributed by atoms with Crippen LogP contribution in [-0.2, 0) is 50.7 Å². The standard InChI is InChI=1S/C43H46N4O6Si/c1-27-41(54(2,3)52)38(22-40(50)46-25-30-14-8-7-13-29(30)19-33(46)26-48)53-43(27)35-21-32(45-39(49)20-31-23-44-36-16-10-9-15-34(31)36)17-18-37(35)47(42(43)51)24-28-11-5-4-6-12-28/h4-18,21,23,27,33,38,41,44,48,52H,19-20,22,24-26H2,1-3H3,(H,45,49)/t27-,33+,38+,41-,43+/m1/s1. The number of nitrogens with one attached hydrogen (secondary N) is 2. The Balaban J connectivity index is 1.14. The van der Waals surface area contributed by atoms with Crippen LogP contribution >= 0.6 is 0 Å². The number of carbonyl (C=O) groups excluding carboxylic acids is 3. The van der Waals surface area contributed by atoms with Gasteiger partial charge in [-0.1, -0.05) is 79.7 Å². The second kappa shape index (κ2) is 14.0. The Bertz CT molecular complexity index is 2230. The summed E-state index contributed by atoms with van der Waals surface area (Å²) in [5.41, 5.74) is 4.76. The molecule has 0 unspecified atom stereocenters. The maximum absolute atomic E-state index is 15.0. The van der Waals surface area contributed by atoms with Crippen molar-refractivity contribution < 1.29 is 29.0 Å². The highest BCUT2D eigenvalue weighted by Crippen LogP contribution is 2.60. The topological polar surface area (TPSA) is 135 Å². The maximum atomic E-state index is 15.0. The molecule has 0 radical (unpaired) electrons. The van der Waals surface area contributed by atoms with Crippen LogP contribution in [0.25, 0.3) is 10.9 Å². The van der Waals surface area contributed by atoms with Gasteiger partial charge in [0, 0.05) is 46.4 Å². The van der Waals surface area contributed by atoms with Gasteiger partial charge in [-0.25, -0.2) is 0 Å². The number of ether oxygens (including phenoxy) is 1. The molecule has 8 rings (SSSR count). The average Bonchev–Trinajstić information content (AvgIpc) is 3.77. The second-order valence-electron chi connectivity index (χ2n) is 15.6. The fourth-order valence-corrected chi connectivity index (χ4v) is 11.8. The fraction of sp³-hybridized carbons (Fsp3) is 0.326. The molecule has 4 aromatic carbocycles. The lowest BCUT2D eigenvalue weighted by atomic mass is 9.82. The van der Waals surface area contributed by atoms with E-state index in [1.54, 1.807) is 9.80 Å². The Morgan fingerprint density at radius 3 is 2.46 bits per heavy atom. The Hall–Kier alpha value is -5.07. The van der Waals surface area contributed by atoms with Gasteiger partial charge in [0.05, 0.1) is 43.8 Å². The van der Waals surface area contributed by atoms with Crippen LogP contribution in [0.15, 0.2) is 103 Å². The molecule has 4 N–H and O–H groups in total. The number of fused-ring (bicyclic) bond motifs is 4. The number of aromatic amines is 1. The van der Waals surface area contributed by atoms with Crippen LogP contribution in [0, 0.1) is 5.92 Å². The van der Waals surface area contributed by atoms with Gasteiger partial charge in [-0.3, -0.25) is 14.4 Å². The number of hydrogen-bond donors (Lipinski definition) is 4. The number of benzene rings is 4. The first-order valence-electron chi connectivity index (χ1n) is 18.7. The van der Waals surface area contributed by atoms with E-state index < -0.39 is 31.5 Å². The third kappa shape index (κ3) is 6.24. The molecule has 278 valence electrons. The molecule has 54 heavy (non-hydrogen) atoms. The Morgan fingerprint density at radius 2 is 1.70 bits per heavy atom. The molecule has 5 atom stereocenters. The first kappa shape index (κ1) is 35.9. The normalized spacial score (nSPS) is 23.5. The molecule has 4 heterocycles. The van der Waals surface area contributed by atoms with E-state index in [0.29, 0.717) is 36.4 Å². The molecule has 3 amide bonds. The quantitative estimate of drug-likeness (QED) is 0.136. The largest absolute Gasteiger partial charge is 0.432 e. The number of aliphatic hydroxyl groups is 1. The molecule has 5 aromatic rings. The zero-order valence-corrected chi connectivity index (χ0v) is 31.8. The number of hydrogen-bond acceptors (Lipinski definition) is 6. The van der Waals surface area contributed by atoms with Crippen molar-refractivity contribution in [2.45, 2.75) is 75.7 Å². The Labute approximate surface area is 315 Å². The van der Waals surface area contributed by atoms with Gasteiger partial charge in [0.1, 0.15) is 0 Å². The van der Waals surface area contributed by atoms with Crippen molar-refractivity contribution in [1.29, 1.82) is 0 Å². The summed E-state index contributed by atoms with van der Waals surface area (Å²) >= 11 is 0. The number of nitrogens with zero attached hydrogens (tertiary/aromatic N) is 2. The van der Waals surface area contributed by atoms with Crippen LogP contribution in [0.1, 0.15) is 41.2 Å². The zero-order valence-electron chi connectivity index (χ0n) is 30.8. The minimum Gasteiger partial charge on any atom is -0.432 e. The molecular weight excluding hydrogens is 697 g/mol. The minimum absolute atomic E-state index is 0.0469. The van der Waals surface area contributed by atoms with Crippen LogP contribution in [0.5, 0.6) is 0 Å². The van der Waals surface area contributed by atoms with Crippen molar-refractivity contribution in [2.75, 3.05) is 16.8 Å². The summed E-state index contributed by atoms with van der Waals surface area (Å²) in [6, 6.07) is 30.6. The van der Waals surface area contributed by atoms with Gasteiger partial charge in [0.2, 0.25) is 11.8 Å².